The Morgan fingerprint density at radius 2 is 0.791 bits per heavy atom. The van der Waals surface area contributed by atoms with Gasteiger partial charge < -0.3 is 48.1 Å². The number of carbonyl (C=O) groups excluding carboxylic acids is 7. The number of carboxylic acids is 1. The van der Waals surface area contributed by atoms with Gasteiger partial charge >= 0.3 is 5.97 Å². The van der Waals surface area contributed by atoms with Gasteiger partial charge in [-0.05, 0) is 67.3 Å². The van der Waals surface area contributed by atoms with Crippen molar-refractivity contribution >= 4 is 47.3 Å². The van der Waals surface area contributed by atoms with Crippen molar-refractivity contribution < 1.29 is 43.5 Å². The average molecular weight is 615 g/mol. The van der Waals surface area contributed by atoms with Crippen LogP contribution in [0.3, 0.4) is 0 Å². The highest BCUT2D eigenvalue weighted by atomic mass is 16.4. The highest BCUT2D eigenvalue weighted by Crippen LogP contribution is 2.02. The lowest BCUT2D eigenvalue weighted by molar-refractivity contribution is -0.142. The van der Waals surface area contributed by atoms with Gasteiger partial charge in [0.15, 0.2) is 0 Å². The van der Waals surface area contributed by atoms with Gasteiger partial charge in [0.1, 0.15) is 42.3 Å². The summed E-state index contributed by atoms with van der Waals surface area (Å²) < 4.78 is 0. The van der Waals surface area contributed by atoms with Gasteiger partial charge in [0.2, 0.25) is 41.4 Å². The van der Waals surface area contributed by atoms with Crippen molar-refractivity contribution in [1.82, 2.24) is 37.2 Å². The summed E-state index contributed by atoms with van der Waals surface area (Å²) in [5, 5.41) is 26.0. The Kier molecular flexibility index (Phi) is 17.1. The minimum Gasteiger partial charge on any atom is -0.480 e. The molecule has 7 atom stereocenters. The van der Waals surface area contributed by atoms with E-state index in [0.29, 0.717) is 19.4 Å². The second kappa shape index (κ2) is 19.0. The molecule has 0 fully saturated rings. The lowest BCUT2D eigenvalue weighted by Gasteiger charge is -2.23. The van der Waals surface area contributed by atoms with Crippen LogP contribution in [-0.4, -0.2) is 101 Å². The molecule has 0 aromatic carbocycles. The number of nitrogens with one attached hydrogen (secondary N) is 7. The van der Waals surface area contributed by atoms with Crippen LogP contribution in [0.1, 0.15) is 67.7 Å². The van der Waals surface area contributed by atoms with Crippen molar-refractivity contribution in [2.45, 2.75) is 110 Å². The van der Waals surface area contributed by atoms with E-state index >= 15 is 0 Å². The van der Waals surface area contributed by atoms with E-state index in [1.807, 2.05) is 0 Å². The molecule has 7 amide bonds. The number of nitrogens with two attached hydrogens (primary N) is 1. The van der Waals surface area contributed by atoms with Gasteiger partial charge in [-0.3, -0.25) is 33.6 Å². The summed E-state index contributed by atoms with van der Waals surface area (Å²) in [6, 6.07) is -7.50. The van der Waals surface area contributed by atoms with Crippen LogP contribution in [0.4, 0.5) is 0 Å². The molecule has 0 bridgehead atoms. The van der Waals surface area contributed by atoms with Crippen LogP contribution in [0.2, 0.25) is 0 Å². The molecule has 0 aliphatic heterocycles. The summed E-state index contributed by atoms with van der Waals surface area (Å²) >= 11 is 0. The quantitative estimate of drug-likeness (QED) is 0.0695. The number of carbonyl (C=O) groups is 8. The largest absolute Gasteiger partial charge is 0.480 e. The molecule has 0 unspecified atom stereocenters. The summed E-state index contributed by atoms with van der Waals surface area (Å²) in [6.07, 6.45) is 1.26. The molecular formula is C26H46N8O9. The normalized spacial score (nSPS) is 15.5. The van der Waals surface area contributed by atoms with Gasteiger partial charge in [-0.2, -0.15) is 0 Å². The van der Waals surface area contributed by atoms with Crippen molar-refractivity contribution in [3.05, 3.63) is 0 Å². The second-order valence-corrected chi connectivity index (χ2v) is 10.3. The zero-order chi connectivity index (χ0) is 33.4. The number of hydrogen-bond donors (Lipinski definition) is 9. The van der Waals surface area contributed by atoms with Crippen LogP contribution in [-0.2, 0) is 38.4 Å². The fourth-order valence-electron chi connectivity index (χ4n) is 3.44. The second-order valence-electron chi connectivity index (χ2n) is 10.3. The SMILES string of the molecule is CC(=O)N[C@@H](C)C(=O)N[C@@H](C)C(=O)N[C@@H](C)C(=O)N[C@@H](C)C(=O)N[C@@H](C)C(=O)N[C@@H](C)C(=O)N[C@@H](CCCCN)C(=O)O. The third kappa shape index (κ3) is 15.0. The Balaban J connectivity index is 4.80. The van der Waals surface area contributed by atoms with Gasteiger partial charge in [-0.15, -0.1) is 0 Å². The van der Waals surface area contributed by atoms with E-state index in [4.69, 9.17) is 5.73 Å². The van der Waals surface area contributed by atoms with Crippen LogP contribution in [0.25, 0.3) is 0 Å². The maximum atomic E-state index is 12.5. The lowest BCUT2D eigenvalue weighted by Crippen LogP contribution is -2.57. The third-order valence-electron chi connectivity index (χ3n) is 6.13. The fourth-order valence-corrected chi connectivity index (χ4v) is 3.44. The summed E-state index contributed by atoms with van der Waals surface area (Å²) in [7, 11) is 0. The third-order valence-corrected chi connectivity index (χ3v) is 6.13. The minimum atomic E-state index is -1.22. The predicted molar refractivity (Wildman–Crippen MR) is 154 cm³/mol. The minimum absolute atomic E-state index is 0.173. The average Bonchev–Trinajstić information content (AvgIpc) is 2.91. The predicted octanol–water partition coefficient (Wildman–Crippen LogP) is -3.27. The molecule has 244 valence electrons. The van der Waals surface area contributed by atoms with Gasteiger partial charge in [0.05, 0.1) is 0 Å². The number of hydrogen-bond acceptors (Lipinski definition) is 9. The van der Waals surface area contributed by atoms with Gasteiger partial charge in [-0.25, -0.2) is 4.79 Å². The molecule has 17 heteroatoms. The van der Waals surface area contributed by atoms with Gasteiger partial charge in [0, 0.05) is 6.92 Å². The first-order valence-corrected chi connectivity index (χ1v) is 13.9. The first-order valence-electron chi connectivity index (χ1n) is 13.9. The van der Waals surface area contributed by atoms with E-state index in [9.17, 15) is 43.5 Å². The Labute approximate surface area is 250 Å². The standard InChI is InChI=1S/C26H46N8O9/c1-12(28-18(7)35)20(36)29-13(2)21(37)30-14(3)22(38)31-15(4)23(39)32-16(5)24(40)33-17(6)25(41)34-19(26(42)43)10-8-9-11-27/h12-17,19H,8-11,27H2,1-7H3,(H,28,35)(H,29,36)(H,30,37)(H,31,38)(H,32,39)(H,33,40)(H,34,41)(H,42,43)/t12-,13-,14-,15-,16-,17-,19-/m0/s1. The van der Waals surface area contributed by atoms with Crippen LogP contribution >= 0.6 is 0 Å². The molecule has 10 N–H and O–H groups in total. The highest BCUT2D eigenvalue weighted by molar-refractivity contribution is 5.96. The van der Waals surface area contributed by atoms with E-state index < -0.39 is 89.6 Å². The fraction of sp³-hybridized carbons (Fsp3) is 0.692. The maximum absolute atomic E-state index is 12.5. The molecule has 0 aromatic rings. The van der Waals surface area contributed by atoms with E-state index in [1.54, 1.807) is 0 Å². The zero-order valence-corrected chi connectivity index (χ0v) is 25.7. The summed E-state index contributed by atoms with van der Waals surface area (Å²) in [5.41, 5.74) is 5.40. The smallest absolute Gasteiger partial charge is 0.326 e. The first kappa shape index (κ1) is 38.7. The van der Waals surface area contributed by atoms with Crippen LogP contribution in [0.5, 0.6) is 0 Å². The van der Waals surface area contributed by atoms with Crippen LogP contribution < -0.4 is 43.0 Å². The summed E-state index contributed by atoms with van der Waals surface area (Å²) in [6.45, 7) is 9.88. The molecule has 0 heterocycles. The number of amides is 7. The van der Waals surface area contributed by atoms with Gasteiger partial charge in [0.25, 0.3) is 0 Å². The molecule has 0 rings (SSSR count). The van der Waals surface area contributed by atoms with E-state index in [0.717, 1.165) is 0 Å². The lowest BCUT2D eigenvalue weighted by atomic mass is 10.1. The topological polar surface area (TPSA) is 267 Å². The van der Waals surface area contributed by atoms with Gasteiger partial charge in [-0.1, -0.05) is 0 Å². The summed E-state index contributed by atoms with van der Waals surface area (Å²) in [5.74, 6) is -5.82. The number of aliphatic carboxylic acids is 1. The molecule has 0 saturated carbocycles. The van der Waals surface area contributed by atoms with Crippen molar-refractivity contribution in [3.63, 3.8) is 0 Å². The molecule has 0 radical (unpaired) electrons. The molecular weight excluding hydrogens is 568 g/mol. The Morgan fingerprint density at radius 3 is 1.05 bits per heavy atom. The Hall–Kier alpha value is -4.28. The number of rotatable bonds is 18. The molecule has 0 aliphatic carbocycles. The Bertz CT molecular complexity index is 1040. The van der Waals surface area contributed by atoms with Crippen LogP contribution in [0, 0.1) is 0 Å². The molecule has 0 aliphatic rings. The van der Waals surface area contributed by atoms with Crippen molar-refractivity contribution in [1.29, 1.82) is 0 Å². The van der Waals surface area contributed by atoms with Crippen molar-refractivity contribution in [2.24, 2.45) is 5.73 Å². The number of carboxylic acid groups (broad SMARTS) is 1. The van der Waals surface area contributed by atoms with Crippen molar-refractivity contribution in [3.8, 4) is 0 Å². The number of unbranched alkanes of at least 4 members (excludes halogenated alkanes) is 1. The molecule has 17 nitrogen and oxygen atoms in total. The van der Waals surface area contributed by atoms with Crippen molar-refractivity contribution in [2.75, 3.05) is 6.54 Å². The van der Waals surface area contributed by atoms with E-state index in [-0.39, 0.29) is 6.42 Å². The molecule has 0 spiro atoms. The molecule has 43 heavy (non-hydrogen) atoms. The highest BCUT2D eigenvalue weighted by Gasteiger charge is 2.28. The van der Waals surface area contributed by atoms with E-state index in [1.165, 1.54) is 48.5 Å². The zero-order valence-electron chi connectivity index (χ0n) is 25.7. The first-order chi connectivity index (χ1) is 19.9. The van der Waals surface area contributed by atoms with Crippen LogP contribution in [0.15, 0.2) is 0 Å². The monoisotopic (exact) mass is 614 g/mol. The van der Waals surface area contributed by atoms with E-state index in [2.05, 4.69) is 37.2 Å². The molecule has 0 saturated heterocycles. The maximum Gasteiger partial charge on any atom is 0.326 e. The summed E-state index contributed by atoms with van der Waals surface area (Å²) in [4.78, 5) is 96.9. The molecule has 0 aromatic heterocycles. The Morgan fingerprint density at radius 1 is 0.512 bits per heavy atom.